The second-order valence-electron chi connectivity index (χ2n) is 9.62. The van der Waals surface area contributed by atoms with E-state index in [0.717, 1.165) is 79.0 Å². The zero-order valence-corrected chi connectivity index (χ0v) is 20.1. The molecule has 180 valence electrons. The van der Waals surface area contributed by atoms with Gasteiger partial charge in [0.15, 0.2) is 0 Å². The first-order valence-electron chi connectivity index (χ1n) is 12.6. The first-order valence-corrected chi connectivity index (χ1v) is 12.6. The quantitative estimate of drug-likeness (QED) is 0.752. The van der Waals surface area contributed by atoms with Crippen LogP contribution in [0, 0.1) is 0 Å². The van der Waals surface area contributed by atoms with Gasteiger partial charge in [-0.2, -0.15) is 0 Å². The topological polar surface area (TPSA) is 84.0 Å². The van der Waals surface area contributed by atoms with Gasteiger partial charge in [0.1, 0.15) is 5.82 Å². The lowest BCUT2D eigenvalue weighted by Gasteiger charge is -2.31. The average molecular weight is 462 g/mol. The molecule has 0 atom stereocenters. The summed E-state index contributed by atoms with van der Waals surface area (Å²) in [6, 6.07) is 8.70. The van der Waals surface area contributed by atoms with E-state index in [9.17, 15) is 4.79 Å². The molecule has 3 saturated heterocycles. The number of aliphatic imine (C=N–C) groups is 1. The number of nitrogens with zero attached hydrogens (tertiary/aromatic N) is 4. The van der Waals surface area contributed by atoms with Crippen LogP contribution in [0.25, 0.3) is 16.5 Å². The van der Waals surface area contributed by atoms with Gasteiger partial charge in [-0.05, 0) is 43.6 Å². The summed E-state index contributed by atoms with van der Waals surface area (Å²) in [5.74, 6) is 1.11. The van der Waals surface area contributed by atoms with E-state index < -0.39 is 0 Å². The van der Waals surface area contributed by atoms with Crippen molar-refractivity contribution in [3.63, 3.8) is 0 Å². The Bertz CT molecular complexity index is 1110. The first kappa shape index (κ1) is 22.8. The first-order chi connectivity index (χ1) is 16.6. The van der Waals surface area contributed by atoms with Crippen LogP contribution >= 0.6 is 0 Å². The molecule has 0 radical (unpaired) electrons. The van der Waals surface area contributed by atoms with Gasteiger partial charge in [-0.15, -0.1) is 0 Å². The molecule has 1 amide bonds. The molecule has 2 N–H and O–H groups in total. The van der Waals surface area contributed by atoms with Gasteiger partial charge in [0, 0.05) is 86.9 Å². The fourth-order valence-corrected chi connectivity index (χ4v) is 5.29. The molecule has 5 rings (SSSR count). The molecule has 34 heavy (non-hydrogen) atoms. The third-order valence-corrected chi connectivity index (χ3v) is 7.34. The fraction of sp³-hybridized carbons (Fsp3) is 0.519. The summed E-state index contributed by atoms with van der Waals surface area (Å²) in [5, 5.41) is 2.18. The van der Waals surface area contributed by atoms with Crippen LogP contribution in [0.4, 0.5) is 5.82 Å². The van der Waals surface area contributed by atoms with Gasteiger partial charge in [0.05, 0.1) is 6.04 Å². The zero-order valence-electron chi connectivity index (χ0n) is 20.1. The number of fused-ring (bicyclic) bond motifs is 1. The summed E-state index contributed by atoms with van der Waals surface area (Å²) in [5.41, 5.74) is 10.6. The van der Waals surface area contributed by atoms with Gasteiger partial charge in [0.25, 0.3) is 0 Å². The van der Waals surface area contributed by atoms with Crippen molar-refractivity contribution in [2.24, 2.45) is 10.7 Å². The molecule has 0 spiro atoms. The Morgan fingerprint density at radius 1 is 1.15 bits per heavy atom. The van der Waals surface area contributed by atoms with Gasteiger partial charge in [0.2, 0.25) is 5.91 Å². The fourth-order valence-electron chi connectivity index (χ4n) is 5.29. The highest BCUT2D eigenvalue weighted by Crippen LogP contribution is 2.30. The van der Waals surface area contributed by atoms with Crippen molar-refractivity contribution in [2.75, 3.05) is 44.3 Å². The Balaban J connectivity index is 1.54. The van der Waals surface area contributed by atoms with E-state index in [1.807, 2.05) is 11.1 Å². The molecule has 1 aromatic heterocycles. The van der Waals surface area contributed by atoms with Crippen LogP contribution in [0.1, 0.15) is 51.0 Å². The lowest BCUT2D eigenvalue weighted by Crippen LogP contribution is -2.40. The van der Waals surface area contributed by atoms with Gasteiger partial charge in [-0.1, -0.05) is 18.2 Å². The van der Waals surface area contributed by atoms with E-state index >= 15 is 0 Å². The van der Waals surface area contributed by atoms with Crippen LogP contribution < -0.4 is 10.6 Å². The molecule has 2 aromatic rings. The maximum absolute atomic E-state index is 12.2. The third kappa shape index (κ3) is 4.80. The Labute approximate surface area is 201 Å². The van der Waals surface area contributed by atoms with Crippen molar-refractivity contribution in [3.05, 3.63) is 41.6 Å². The monoisotopic (exact) mass is 461 g/mol. The minimum absolute atomic E-state index is 0.0705. The predicted molar refractivity (Wildman–Crippen MR) is 137 cm³/mol. The van der Waals surface area contributed by atoms with E-state index in [0.29, 0.717) is 18.8 Å². The molecular formula is C27H35N5O2. The number of pyridine rings is 1. The zero-order chi connectivity index (χ0) is 23.5. The molecule has 3 aliphatic heterocycles. The van der Waals surface area contributed by atoms with Crippen molar-refractivity contribution in [1.82, 2.24) is 9.88 Å². The normalized spacial score (nSPS) is 22.9. The van der Waals surface area contributed by atoms with Crippen LogP contribution in [0.15, 0.2) is 41.0 Å². The summed E-state index contributed by atoms with van der Waals surface area (Å²) in [4.78, 5) is 26.4. The molecule has 0 bridgehead atoms. The molecule has 0 saturated carbocycles. The highest BCUT2D eigenvalue weighted by atomic mass is 16.5. The minimum Gasteiger partial charge on any atom is -0.398 e. The van der Waals surface area contributed by atoms with Crippen LogP contribution in [0.3, 0.4) is 0 Å². The Morgan fingerprint density at radius 3 is 2.71 bits per heavy atom. The highest BCUT2D eigenvalue weighted by molar-refractivity contribution is 6.10. The number of benzene rings is 1. The number of likely N-dealkylation sites (tertiary alicyclic amines) is 1. The molecule has 7 nitrogen and oxygen atoms in total. The number of aromatic nitrogens is 1. The van der Waals surface area contributed by atoms with Crippen molar-refractivity contribution >= 4 is 33.9 Å². The number of anilines is 1. The number of carbonyl (C=O) groups is 1. The number of hydrogen-bond acceptors (Lipinski definition) is 6. The lowest BCUT2D eigenvalue weighted by atomic mass is 9.94. The highest BCUT2D eigenvalue weighted by Gasteiger charge is 2.26. The van der Waals surface area contributed by atoms with Crippen molar-refractivity contribution in [2.45, 2.75) is 51.5 Å². The van der Waals surface area contributed by atoms with Crippen molar-refractivity contribution in [1.29, 1.82) is 0 Å². The molecular weight excluding hydrogens is 426 g/mol. The summed E-state index contributed by atoms with van der Waals surface area (Å²) in [6.45, 7) is 6.45. The molecule has 7 heteroatoms. The van der Waals surface area contributed by atoms with Crippen molar-refractivity contribution in [3.8, 4) is 0 Å². The third-order valence-electron chi connectivity index (χ3n) is 7.34. The number of ether oxygens (including phenoxy) is 1. The minimum atomic E-state index is 0.0705. The van der Waals surface area contributed by atoms with E-state index in [-0.39, 0.29) is 11.9 Å². The van der Waals surface area contributed by atoms with Gasteiger partial charge < -0.3 is 20.3 Å². The number of amides is 1. The number of carbonyl (C=O) groups excluding carboxylic acids is 1. The summed E-state index contributed by atoms with van der Waals surface area (Å²) in [6.07, 6.45) is 8.31. The van der Waals surface area contributed by atoms with Gasteiger partial charge in [-0.25, -0.2) is 4.98 Å². The lowest BCUT2D eigenvalue weighted by molar-refractivity contribution is -0.128. The molecule has 4 heterocycles. The predicted octanol–water partition coefficient (Wildman–Crippen LogP) is 3.77. The largest absolute Gasteiger partial charge is 0.398 e. The molecule has 0 aliphatic carbocycles. The smallest absolute Gasteiger partial charge is 0.219 e. The number of nitrogens with two attached hydrogens (primary N) is 1. The standard InChI is InChI=1S/C27H35N5O2/c1-19(33)32-13-8-25(30-21-9-14-34-15-10-21)24(18-32)27(28)22-7-5-6-20-16-26(29-17-23(20)22)31-11-3-2-4-12-31/h5-7,16-17,21H,2-4,8-15,18,28H2,1H3. The summed E-state index contributed by atoms with van der Waals surface area (Å²) >= 11 is 0. The van der Waals surface area contributed by atoms with E-state index in [1.165, 1.54) is 19.3 Å². The van der Waals surface area contributed by atoms with E-state index in [4.69, 9.17) is 20.4 Å². The Morgan fingerprint density at radius 2 is 1.94 bits per heavy atom. The van der Waals surface area contributed by atoms with Crippen LogP contribution in [-0.4, -0.2) is 66.9 Å². The second kappa shape index (κ2) is 10.1. The van der Waals surface area contributed by atoms with Gasteiger partial charge in [-0.3, -0.25) is 9.79 Å². The maximum Gasteiger partial charge on any atom is 0.219 e. The maximum atomic E-state index is 12.2. The van der Waals surface area contributed by atoms with Crippen molar-refractivity contribution < 1.29 is 9.53 Å². The van der Waals surface area contributed by atoms with Crippen LogP contribution in [-0.2, 0) is 9.53 Å². The van der Waals surface area contributed by atoms with Gasteiger partial charge >= 0.3 is 0 Å². The molecule has 3 fully saturated rings. The number of hydrogen-bond donors (Lipinski definition) is 1. The summed E-state index contributed by atoms with van der Waals surface area (Å²) < 4.78 is 5.51. The summed E-state index contributed by atoms with van der Waals surface area (Å²) in [7, 11) is 0. The average Bonchev–Trinajstić information content (AvgIpc) is 2.89. The second-order valence-corrected chi connectivity index (χ2v) is 9.62. The van der Waals surface area contributed by atoms with E-state index in [2.05, 4.69) is 29.2 Å². The Hall–Kier alpha value is -2.93. The Kier molecular flexibility index (Phi) is 6.81. The molecule has 0 unspecified atom stereocenters. The number of rotatable bonds is 3. The number of piperidine rings is 2. The SMILES string of the molecule is CC(=O)N1CCC(=NC2CCOCC2)C(=C(N)c2cccc3cc(N4CCCCC4)ncc23)C1. The van der Waals surface area contributed by atoms with E-state index in [1.54, 1.807) is 6.92 Å². The van der Waals surface area contributed by atoms with Crippen LogP contribution in [0.2, 0.25) is 0 Å². The van der Waals surface area contributed by atoms with Crippen LogP contribution in [0.5, 0.6) is 0 Å². The molecule has 3 aliphatic rings. The molecule has 1 aromatic carbocycles.